The highest BCUT2D eigenvalue weighted by molar-refractivity contribution is 7.91. The van der Waals surface area contributed by atoms with Crippen molar-refractivity contribution in [1.29, 1.82) is 0 Å². The summed E-state index contributed by atoms with van der Waals surface area (Å²) in [7, 11) is -2.95. The Kier molecular flexibility index (Phi) is 3.99. The highest BCUT2D eigenvalue weighted by Gasteiger charge is 2.32. The summed E-state index contributed by atoms with van der Waals surface area (Å²) in [5, 5.41) is 4.67. The van der Waals surface area contributed by atoms with Crippen LogP contribution in [-0.4, -0.2) is 39.3 Å². The Morgan fingerprint density at radius 1 is 1.15 bits per heavy atom. The highest BCUT2D eigenvalue weighted by Crippen LogP contribution is 2.31. The topological polar surface area (TPSA) is 69.8 Å². The number of benzene rings is 1. The van der Waals surface area contributed by atoms with Gasteiger partial charge in [-0.25, -0.2) is 13.4 Å². The van der Waals surface area contributed by atoms with Gasteiger partial charge in [0.1, 0.15) is 5.82 Å². The number of imidazole rings is 1. The van der Waals surface area contributed by atoms with Crippen molar-refractivity contribution in [3.8, 4) is 17.1 Å². The molecule has 3 aromatic rings. The predicted molar refractivity (Wildman–Crippen MR) is 101 cm³/mol. The van der Waals surface area contributed by atoms with Crippen molar-refractivity contribution in [2.45, 2.75) is 33.2 Å². The molecule has 0 amide bonds. The lowest BCUT2D eigenvalue weighted by molar-refractivity contribution is 0.486. The third kappa shape index (κ3) is 2.76. The van der Waals surface area contributed by atoms with E-state index in [-0.39, 0.29) is 17.5 Å². The van der Waals surface area contributed by atoms with Gasteiger partial charge in [-0.3, -0.25) is 9.25 Å². The predicted octanol–water partition coefficient (Wildman–Crippen LogP) is 3.02. The SMILES string of the molecule is Cc1ccccc1-c1nccn1-c1c(C)nn(C2CCS(=O)(=O)C2)c1C. The molecule has 1 saturated heterocycles. The summed E-state index contributed by atoms with van der Waals surface area (Å²) in [5.74, 6) is 1.28. The van der Waals surface area contributed by atoms with E-state index in [1.54, 1.807) is 6.20 Å². The Bertz CT molecular complexity index is 1080. The molecule has 0 N–H and O–H groups in total. The first-order valence-corrected chi connectivity index (χ1v) is 10.6. The van der Waals surface area contributed by atoms with Crippen molar-refractivity contribution in [3.63, 3.8) is 0 Å². The van der Waals surface area contributed by atoms with Crippen molar-refractivity contribution in [3.05, 3.63) is 53.6 Å². The smallest absolute Gasteiger partial charge is 0.152 e. The van der Waals surface area contributed by atoms with Crippen LogP contribution < -0.4 is 0 Å². The van der Waals surface area contributed by atoms with E-state index in [9.17, 15) is 8.42 Å². The van der Waals surface area contributed by atoms with Crippen molar-refractivity contribution >= 4 is 9.84 Å². The van der Waals surface area contributed by atoms with Crippen molar-refractivity contribution < 1.29 is 8.42 Å². The van der Waals surface area contributed by atoms with Crippen LogP contribution in [0, 0.1) is 20.8 Å². The fourth-order valence-electron chi connectivity index (χ4n) is 3.83. The number of hydrogen-bond acceptors (Lipinski definition) is 4. The summed E-state index contributed by atoms with van der Waals surface area (Å²) in [5.41, 5.74) is 5.05. The molecular formula is C19H22N4O2S. The van der Waals surface area contributed by atoms with Crippen molar-refractivity contribution in [2.75, 3.05) is 11.5 Å². The quantitative estimate of drug-likeness (QED) is 0.711. The summed E-state index contributed by atoms with van der Waals surface area (Å²) in [4.78, 5) is 4.57. The summed E-state index contributed by atoms with van der Waals surface area (Å²) in [6.07, 6.45) is 4.35. The summed E-state index contributed by atoms with van der Waals surface area (Å²) >= 11 is 0. The lowest BCUT2D eigenvalue weighted by atomic mass is 10.1. The monoisotopic (exact) mass is 370 g/mol. The van der Waals surface area contributed by atoms with E-state index in [4.69, 9.17) is 0 Å². The van der Waals surface area contributed by atoms with Crippen LogP contribution in [0.2, 0.25) is 0 Å². The fraction of sp³-hybridized carbons (Fsp3) is 0.368. The second-order valence-corrected chi connectivity index (χ2v) is 9.19. The third-order valence-corrected chi connectivity index (χ3v) is 6.86. The van der Waals surface area contributed by atoms with Gasteiger partial charge in [-0.05, 0) is 32.8 Å². The zero-order valence-electron chi connectivity index (χ0n) is 15.2. The zero-order valence-corrected chi connectivity index (χ0v) is 16.0. The number of sulfone groups is 1. The average molecular weight is 370 g/mol. The van der Waals surface area contributed by atoms with E-state index >= 15 is 0 Å². The second kappa shape index (κ2) is 6.09. The zero-order chi connectivity index (χ0) is 18.5. The van der Waals surface area contributed by atoms with Gasteiger partial charge in [-0.1, -0.05) is 24.3 Å². The molecule has 1 aliphatic rings. The molecule has 0 radical (unpaired) electrons. The van der Waals surface area contributed by atoms with Gasteiger partial charge < -0.3 is 0 Å². The largest absolute Gasteiger partial charge is 0.296 e. The second-order valence-electron chi connectivity index (χ2n) is 6.96. The molecule has 4 rings (SSSR count). The van der Waals surface area contributed by atoms with Crippen LogP contribution in [0.15, 0.2) is 36.7 Å². The summed E-state index contributed by atoms with van der Waals surface area (Å²) in [6.45, 7) is 6.03. The maximum absolute atomic E-state index is 11.9. The van der Waals surface area contributed by atoms with Crippen LogP contribution in [-0.2, 0) is 9.84 Å². The van der Waals surface area contributed by atoms with Gasteiger partial charge in [0, 0.05) is 18.0 Å². The molecule has 1 aliphatic heterocycles. The molecule has 0 spiro atoms. The Morgan fingerprint density at radius 2 is 1.92 bits per heavy atom. The number of hydrogen-bond donors (Lipinski definition) is 0. The number of nitrogens with zero attached hydrogens (tertiary/aromatic N) is 4. The summed E-state index contributed by atoms with van der Waals surface area (Å²) in [6, 6.07) is 8.07. The van der Waals surface area contributed by atoms with Crippen molar-refractivity contribution in [1.82, 2.24) is 19.3 Å². The molecular weight excluding hydrogens is 348 g/mol. The van der Waals surface area contributed by atoms with Gasteiger partial charge in [-0.15, -0.1) is 0 Å². The van der Waals surface area contributed by atoms with Crippen LogP contribution in [0.5, 0.6) is 0 Å². The molecule has 0 bridgehead atoms. The van der Waals surface area contributed by atoms with E-state index in [1.807, 2.05) is 36.9 Å². The van der Waals surface area contributed by atoms with Crippen LogP contribution in [0.3, 0.4) is 0 Å². The molecule has 1 atom stereocenters. The molecule has 3 heterocycles. The number of rotatable bonds is 3. The van der Waals surface area contributed by atoms with Gasteiger partial charge in [0.15, 0.2) is 9.84 Å². The maximum atomic E-state index is 11.9. The van der Waals surface area contributed by atoms with Crippen LogP contribution in [0.25, 0.3) is 17.1 Å². The van der Waals surface area contributed by atoms with E-state index < -0.39 is 9.84 Å². The standard InChI is InChI=1S/C19H22N4O2S/c1-13-6-4-5-7-17(13)19-20-9-10-22(19)18-14(2)21-23(15(18)3)16-8-11-26(24,25)12-16/h4-7,9-10,16H,8,11-12H2,1-3H3. The lowest BCUT2D eigenvalue weighted by Crippen LogP contribution is -2.14. The Balaban J connectivity index is 1.82. The minimum atomic E-state index is -2.95. The van der Waals surface area contributed by atoms with E-state index in [0.29, 0.717) is 6.42 Å². The Hall–Kier alpha value is -2.41. The molecule has 1 fully saturated rings. The molecule has 1 unspecified atom stereocenters. The van der Waals surface area contributed by atoms with E-state index in [0.717, 1.165) is 34.0 Å². The number of aromatic nitrogens is 4. The van der Waals surface area contributed by atoms with E-state index in [1.165, 1.54) is 0 Å². The molecule has 6 nitrogen and oxygen atoms in total. The van der Waals surface area contributed by atoms with Gasteiger partial charge in [0.25, 0.3) is 0 Å². The normalized spacial score (nSPS) is 19.1. The molecule has 1 aromatic carbocycles. The van der Waals surface area contributed by atoms with Crippen molar-refractivity contribution in [2.24, 2.45) is 0 Å². The first kappa shape index (κ1) is 17.0. The molecule has 2 aromatic heterocycles. The van der Waals surface area contributed by atoms with Crippen LogP contribution in [0.1, 0.15) is 29.4 Å². The third-order valence-electron chi connectivity index (χ3n) is 5.11. The Labute approximate surface area is 153 Å². The van der Waals surface area contributed by atoms with E-state index in [2.05, 4.69) is 33.7 Å². The minimum Gasteiger partial charge on any atom is -0.296 e. The van der Waals surface area contributed by atoms with Gasteiger partial charge in [0.05, 0.1) is 34.6 Å². The average Bonchev–Trinajstić information content (AvgIpc) is 3.26. The maximum Gasteiger partial charge on any atom is 0.152 e. The van der Waals surface area contributed by atoms with Crippen LogP contribution in [0.4, 0.5) is 0 Å². The lowest BCUT2D eigenvalue weighted by Gasteiger charge is -2.13. The van der Waals surface area contributed by atoms with Gasteiger partial charge in [-0.2, -0.15) is 5.10 Å². The molecule has 0 aliphatic carbocycles. The highest BCUT2D eigenvalue weighted by atomic mass is 32.2. The molecule has 136 valence electrons. The number of aryl methyl sites for hydroxylation is 2. The first-order chi connectivity index (χ1) is 12.4. The summed E-state index contributed by atoms with van der Waals surface area (Å²) < 4.78 is 27.7. The fourth-order valence-corrected chi connectivity index (χ4v) is 5.53. The van der Waals surface area contributed by atoms with Crippen LogP contribution >= 0.6 is 0 Å². The molecule has 26 heavy (non-hydrogen) atoms. The Morgan fingerprint density at radius 3 is 2.62 bits per heavy atom. The molecule has 0 saturated carbocycles. The van der Waals surface area contributed by atoms with Gasteiger partial charge in [0.2, 0.25) is 0 Å². The molecule has 7 heteroatoms. The van der Waals surface area contributed by atoms with Gasteiger partial charge >= 0.3 is 0 Å². The minimum absolute atomic E-state index is 0.0853. The first-order valence-electron chi connectivity index (χ1n) is 8.73.